The number of nitrogens with one attached hydrogen (secondary N) is 1. The highest BCUT2D eigenvalue weighted by Crippen LogP contribution is 2.71. The number of aliphatic hydroxyl groups excluding tert-OH is 1. The van der Waals surface area contributed by atoms with Crippen LogP contribution in [0.4, 0.5) is 0 Å². The Bertz CT molecular complexity index is 1030. The molecule has 0 aromatic carbocycles. The predicted octanol–water partition coefficient (Wildman–Crippen LogP) is 4.62. The van der Waals surface area contributed by atoms with E-state index in [1.54, 1.807) is 6.92 Å². The number of carbonyl (C=O) groups excluding carboxylic acids is 2. The summed E-state index contributed by atoms with van der Waals surface area (Å²) in [5, 5.41) is 13.5. The zero-order chi connectivity index (χ0) is 27.9. The highest BCUT2D eigenvalue weighted by Gasteiger charge is 2.70. The van der Waals surface area contributed by atoms with E-state index in [2.05, 4.69) is 39.1 Å². The standard InChI is InChI=1S/C32H49NO6/c1-17-9-12-32(38-16-17)18(2)27-26(39-32)15-24-22-8-7-20-13-21(34)10-11-30(20,4)23(22)14-25(31(24,27)5)28(35)33-19(3)29(36)37-6/h14,17-24,26-27,34H,7-13,15-16H2,1-6H3,(H,33,35)/t17-,18+,19+,20+,21+,22-,23+,24+,26+,27+,30+,31-,32-/m1/s1. The monoisotopic (exact) mass is 543 g/mol. The lowest BCUT2D eigenvalue weighted by Crippen LogP contribution is -2.56. The van der Waals surface area contributed by atoms with Crippen LogP contribution in [0.2, 0.25) is 0 Å². The van der Waals surface area contributed by atoms with Gasteiger partial charge in [0.05, 0.1) is 25.9 Å². The number of aliphatic hydroxyl groups is 1. The second-order valence-corrected chi connectivity index (χ2v) is 14.6. The van der Waals surface area contributed by atoms with E-state index < -0.39 is 17.8 Å². The smallest absolute Gasteiger partial charge is 0.328 e. The number of esters is 1. The molecule has 2 saturated heterocycles. The third-order valence-corrected chi connectivity index (χ3v) is 12.7. The molecule has 4 aliphatic carbocycles. The first-order chi connectivity index (χ1) is 18.4. The molecule has 5 fully saturated rings. The molecule has 1 spiro atoms. The van der Waals surface area contributed by atoms with Gasteiger partial charge < -0.3 is 24.6 Å². The minimum atomic E-state index is -0.716. The van der Waals surface area contributed by atoms with Crippen molar-refractivity contribution >= 4 is 11.9 Å². The Morgan fingerprint density at radius 3 is 2.59 bits per heavy atom. The number of hydrogen-bond donors (Lipinski definition) is 2. The Morgan fingerprint density at radius 1 is 1.13 bits per heavy atom. The topological polar surface area (TPSA) is 94.1 Å². The number of allylic oxidation sites excluding steroid dienone is 1. The molecule has 1 amide bonds. The molecule has 3 saturated carbocycles. The molecule has 7 nitrogen and oxygen atoms in total. The minimum absolute atomic E-state index is 0.0649. The van der Waals surface area contributed by atoms with Crippen LogP contribution in [0.5, 0.6) is 0 Å². The van der Waals surface area contributed by atoms with Crippen molar-refractivity contribution in [3.05, 3.63) is 11.6 Å². The fraction of sp³-hybridized carbons (Fsp3) is 0.875. The van der Waals surface area contributed by atoms with Crippen LogP contribution in [0.15, 0.2) is 11.6 Å². The molecule has 0 radical (unpaired) electrons. The third kappa shape index (κ3) is 3.99. The van der Waals surface area contributed by atoms with E-state index >= 15 is 0 Å². The summed E-state index contributed by atoms with van der Waals surface area (Å²) in [6, 6.07) is -0.716. The zero-order valence-electron chi connectivity index (χ0n) is 24.7. The van der Waals surface area contributed by atoms with Gasteiger partial charge in [0.2, 0.25) is 5.91 Å². The van der Waals surface area contributed by atoms with Crippen molar-refractivity contribution in [3.8, 4) is 0 Å². The van der Waals surface area contributed by atoms with Crippen molar-refractivity contribution in [2.45, 2.75) is 110 Å². The first-order valence-corrected chi connectivity index (χ1v) is 15.6. The Kier molecular flexibility index (Phi) is 6.79. The van der Waals surface area contributed by atoms with E-state index in [4.69, 9.17) is 14.2 Å². The molecule has 0 unspecified atom stereocenters. The summed E-state index contributed by atoms with van der Waals surface area (Å²) >= 11 is 0. The molecule has 13 atom stereocenters. The van der Waals surface area contributed by atoms with Crippen molar-refractivity contribution in [2.24, 2.45) is 52.3 Å². The van der Waals surface area contributed by atoms with Gasteiger partial charge >= 0.3 is 5.97 Å². The number of carbonyl (C=O) groups is 2. The lowest BCUT2D eigenvalue weighted by atomic mass is 9.45. The van der Waals surface area contributed by atoms with Gasteiger partial charge in [-0.3, -0.25) is 4.79 Å². The Morgan fingerprint density at radius 2 is 1.90 bits per heavy atom. The summed E-state index contributed by atoms with van der Waals surface area (Å²) in [7, 11) is 1.36. The van der Waals surface area contributed by atoms with Crippen LogP contribution in [0, 0.1) is 52.3 Å². The van der Waals surface area contributed by atoms with Crippen LogP contribution < -0.4 is 5.32 Å². The van der Waals surface area contributed by atoms with Gasteiger partial charge in [0, 0.05) is 29.2 Å². The van der Waals surface area contributed by atoms with Gasteiger partial charge in [-0.2, -0.15) is 0 Å². The molecular formula is C32H49NO6. The average molecular weight is 544 g/mol. The lowest BCUT2D eigenvalue weighted by molar-refractivity contribution is -0.272. The molecule has 2 heterocycles. The Balaban J connectivity index is 1.40. The average Bonchev–Trinajstić information content (AvgIpc) is 3.35. The van der Waals surface area contributed by atoms with Crippen LogP contribution in [0.3, 0.4) is 0 Å². The molecule has 2 aliphatic heterocycles. The van der Waals surface area contributed by atoms with Gasteiger partial charge in [-0.05, 0) is 86.9 Å². The van der Waals surface area contributed by atoms with Gasteiger partial charge in [-0.25, -0.2) is 4.79 Å². The summed E-state index contributed by atoms with van der Waals surface area (Å²) in [5.41, 5.74) is 0.539. The lowest BCUT2D eigenvalue weighted by Gasteiger charge is -2.60. The number of rotatable bonds is 3. The van der Waals surface area contributed by atoms with E-state index in [0.717, 1.165) is 63.5 Å². The first kappa shape index (κ1) is 27.7. The van der Waals surface area contributed by atoms with Gasteiger partial charge in [-0.15, -0.1) is 0 Å². The second kappa shape index (κ2) is 9.55. The van der Waals surface area contributed by atoms with Crippen LogP contribution >= 0.6 is 0 Å². The maximum atomic E-state index is 14.2. The quantitative estimate of drug-likeness (QED) is 0.505. The molecule has 218 valence electrons. The molecule has 6 aliphatic rings. The molecule has 2 N–H and O–H groups in total. The van der Waals surface area contributed by atoms with Crippen LogP contribution in [-0.4, -0.2) is 54.7 Å². The maximum Gasteiger partial charge on any atom is 0.328 e. The van der Waals surface area contributed by atoms with Crippen LogP contribution in [0.1, 0.15) is 86.0 Å². The molecule has 7 heteroatoms. The summed E-state index contributed by atoms with van der Waals surface area (Å²) in [6.07, 6.45) is 10.1. The van der Waals surface area contributed by atoms with Gasteiger partial charge in [0.1, 0.15) is 6.04 Å². The van der Waals surface area contributed by atoms with E-state index in [1.165, 1.54) is 7.11 Å². The Labute approximate surface area is 233 Å². The fourth-order valence-corrected chi connectivity index (χ4v) is 10.5. The van der Waals surface area contributed by atoms with E-state index in [9.17, 15) is 14.7 Å². The van der Waals surface area contributed by atoms with Crippen LogP contribution in [-0.2, 0) is 23.8 Å². The van der Waals surface area contributed by atoms with Gasteiger partial charge in [0.15, 0.2) is 5.79 Å². The predicted molar refractivity (Wildman–Crippen MR) is 146 cm³/mol. The molecule has 0 aromatic heterocycles. The fourth-order valence-electron chi connectivity index (χ4n) is 10.5. The summed E-state index contributed by atoms with van der Waals surface area (Å²) in [4.78, 5) is 26.5. The number of methoxy groups -OCH3 is 1. The molecule has 0 bridgehead atoms. The van der Waals surface area contributed by atoms with Gasteiger partial charge in [-0.1, -0.05) is 33.8 Å². The zero-order valence-corrected chi connectivity index (χ0v) is 24.7. The first-order valence-electron chi connectivity index (χ1n) is 15.6. The molecule has 0 aromatic rings. The minimum Gasteiger partial charge on any atom is -0.467 e. The van der Waals surface area contributed by atoms with Crippen molar-refractivity contribution in [1.82, 2.24) is 5.32 Å². The van der Waals surface area contributed by atoms with E-state index in [-0.39, 0.29) is 46.7 Å². The van der Waals surface area contributed by atoms with E-state index in [1.807, 2.05) is 0 Å². The van der Waals surface area contributed by atoms with Crippen molar-refractivity contribution in [1.29, 1.82) is 0 Å². The second-order valence-electron chi connectivity index (χ2n) is 14.6. The van der Waals surface area contributed by atoms with Crippen molar-refractivity contribution in [3.63, 3.8) is 0 Å². The molecule has 39 heavy (non-hydrogen) atoms. The molecule has 6 rings (SSSR count). The number of hydrogen-bond acceptors (Lipinski definition) is 6. The van der Waals surface area contributed by atoms with Crippen molar-refractivity contribution in [2.75, 3.05) is 13.7 Å². The highest BCUT2D eigenvalue weighted by molar-refractivity contribution is 5.97. The normalized spacial score (nSPS) is 51.2. The highest BCUT2D eigenvalue weighted by atomic mass is 16.7. The van der Waals surface area contributed by atoms with Crippen LogP contribution in [0.25, 0.3) is 0 Å². The van der Waals surface area contributed by atoms with Gasteiger partial charge in [0.25, 0.3) is 0 Å². The number of fused-ring (bicyclic) bond motifs is 7. The molecular weight excluding hydrogens is 494 g/mol. The number of ether oxygens (including phenoxy) is 3. The summed E-state index contributed by atoms with van der Waals surface area (Å²) in [5.74, 6) is 1.34. The summed E-state index contributed by atoms with van der Waals surface area (Å²) < 4.78 is 18.4. The third-order valence-electron chi connectivity index (χ3n) is 12.7. The number of amides is 1. The van der Waals surface area contributed by atoms with E-state index in [0.29, 0.717) is 23.7 Å². The summed E-state index contributed by atoms with van der Waals surface area (Å²) in [6.45, 7) is 11.7. The van der Waals surface area contributed by atoms with Crippen molar-refractivity contribution < 1.29 is 28.9 Å². The Hall–Kier alpha value is -1.44. The SMILES string of the molecule is COC(=O)[C@H](C)NC(=O)C1=C[C@H]2[C@@H](CC[C@H]3C[C@@H](O)CC[C@@]32C)[C@@H]2C[C@@H]3O[C@]4(CC[C@@H](C)CO4)[C@@H](C)[C@@H]3[C@@]12C. The largest absolute Gasteiger partial charge is 0.467 e. The maximum absolute atomic E-state index is 14.2.